The first-order valence-electron chi connectivity index (χ1n) is 6.04. The second kappa shape index (κ2) is 6.67. The number of amides is 2. The standard InChI is InChI=1S/C11H23N3O/c1-3-14(4-2)11(15)13-9-10-7-5-6-8-12-10/h10,12H,3-9H2,1-2H3,(H,13,15). The quantitative estimate of drug-likeness (QED) is 0.736. The van der Waals surface area contributed by atoms with Crippen LogP contribution in [0.3, 0.4) is 0 Å². The maximum atomic E-state index is 11.6. The van der Waals surface area contributed by atoms with Crippen molar-refractivity contribution in [1.82, 2.24) is 15.5 Å². The lowest BCUT2D eigenvalue weighted by atomic mass is 10.1. The van der Waals surface area contributed by atoms with Gasteiger partial charge in [-0.1, -0.05) is 6.42 Å². The van der Waals surface area contributed by atoms with Crippen molar-refractivity contribution in [3.8, 4) is 0 Å². The first-order valence-corrected chi connectivity index (χ1v) is 6.04. The highest BCUT2D eigenvalue weighted by Gasteiger charge is 2.14. The van der Waals surface area contributed by atoms with E-state index in [0.717, 1.165) is 26.2 Å². The maximum absolute atomic E-state index is 11.6. The van der Waals surface area contributed by atoms with Crippen molar-refractivity contribution in [2.24, 2.45) is 0 Å². The fourth-order valence-corrected chi connectivity index (χ4v) is 1.93. The van der Waals surface area contributed by atoms with Gasteiger partial charge in [0.25, 0.3) is 0 Å². The summed E-state index contributed by atoms with van der Waals surface area (Å²) in [4.78, 5) is 13.4. The van der Waals surface area contributed by atoms with Gasteiger partial charge in [0.1, 0.15) is 0 Å². The molecule has 1 heterocycles. The van der Waals surface area contributed by atoms with Gasteiger partial charge >= 0.3 is 6.03 Å². The van der Waals surface area contributed by atoms with Crippen LogP contribution in [-0.2, 0) is 0 Å². The van der Waals surface area contributed by atoms with E-state index < -0.39 is 0 Å². The predicted octanol–water partition coefficient (Wildman–Crippen LogP) is 1.18. The Morgan fingerprint density at radius 3 is 2.67 bits per heavy atom. The summed E-state index contributed by atoms with van der Waals surface area (Å²) in [5.74, 6) is 0. The zero-order valence-electron chi connectivity index (χ0n) is 9.88. The number of carbonyl (C=O) groups excluding carboxylic acids is 1. The van der Waals surface area contributed by atoms with Crippen molar-refractivity contribution in [2.45, 2.75) is 39.2 Å². The Balaban J connectivity index is 2.20. The molecule has 4 heteroatoms. The number of rotatable bonds is 4. The minimum Gasteiger partial charge on any atom is -0.336 e. The summed E-state index contributed by atoms with van der Waals surface area (Å²) in [6, 6.07) is 0.533. The van der Waals surface area contributed by atoms with E-state index in [-0.39, 0.29) is 6.03 Å². The van der Waals surface area contributed by atoms with Crippen LogP contribution in [-0.4, -0.2) is 43.2 Å². The highest BCUT2D eigenvalue weighted by molar-refractivity contribution is 5.74. The molecular formula is C11H23N3O. The average Bonchev–Trinajstić information content (AvgIpc) is 2.29. The number of nitrogens with one attached hydrogen (secondary N) is 2. The van der Waals surface area contributed by atoms with Crippen LogP contribution in [0.5, 0.6) is 0 Å². The molecule has 15 heavy (non-hydrogen) atoms. The van der Waals surface area contributed by atoms with Crippen molar-refractivity contribution in [3.63, 3.8) is 0 Å². The molecular weight excluding hydrogens is 190 g/mol. The Bertz CT molecular complexity index is 186. The molecule has 1 fully saturated rings. The van der Waals surface area contributed by atoms with E-state index in [1.165, 1.54) is 19.3 Å². The van der Waals surface area contributed by atoms with Crippen LogP contribution in [0.4, 0.5) is 4.79 Å². The Hall–Kier alpha value is -0.770. The number of urea groups is 1. The molecule has 1 saturated heterocycles. The van der Waals surface area contributed by atoms with E-state index >= 15 is 0 Å². The van der Waals surface area contributed by atoms with Crippen LogP contribution in [0.15, 0.2) is 0 Å². The van der Waals surface area contributed by atoms with Crippen molar-refractivity contribution >= 4 is 6.03 Å². The van der Waals surface area contributed by atoms with Gasteiger partial charge in [0.2, 0.25) is 0 Å². The third-order valence-electron chi connectivity index (χ3n) is 2.96. The lowest BCUT2D eigenvalue weighted by Gasteiger charge is -2.25. The molecule has 0 radical (unpaired) electrons. The number of hydrogen-bond acceptors (Lipinski definition) is 2. The Morgan fingerprint density at radius 1 is 1.40 bits per heavy atom. The number of carbonyl (C=O) groups is 1. The molecule has 1 aliphatic rings. The maximum Gasteiger partial charge on any atom is 0.317 e. The van der Waals surface area contributed by atoms with Gasteiger partial charge in [-0.25, -0.2) is 4.79 Å². The zero-order chi connectivity index (χ0) is 11.1. The first kappa shape index (κ1) is 12.3. The first-order chi connectivity index (χ1) is 7.27. The molecule has 1 atom stereocenters. The molecule has 0 bridgehead atoms. The second-order valence-corrected chi connectivity index (χ2v) is 4.01. The van der Waals surface area contributed by atoms with Crippen LogP contribution >= 0.6 is 0 Å². The highest BCUT2D eigenvalue weighted by atomic mass is 16.2. The van der Waals surface area contributed by atoms with Gasteiger partial charge in [-0.15, -0.1) is 0 Å². The number of piperidine rings is 1. The van der Waals surface area contributed by atoms with Gasteiger partial charge in [-0.2, -0.15) is 0 Å². The van der Waals surface area contributed by atoms with Crippen molar-refractivity contribution in [1.29, 1.82) is 0 Å². The van der Waals surface area contributed by atoms with E-state index in [1.54, 1.807) is 0 Å². The van der Waals surface area contributed by atoms with Crippen molar-refractivity contribution in [2.75, 3.05) is 26.2 Å². The molecule has 0 aliphatic carbocycles. The third-order valence-corrected chi connectivity index (χ3v) is 2.96. The molecule has 1 aliphatic heterocycles. The Kier molecular flexibility index (Phi) is 5.47. The molecule has 0 saturated carbocycles. The van der Waals surface area contributed by atoms with Crippen LogP contribution in [0.1, 0.15) is 33.1 Å². The monoisotopic (exact) mass is 213 g/mol. The fourth-order valence-electron chi connectivity index (χ4n) is 1.93. The van der Waals surface area contributed by atoms with Gasteiger partial charge in [0.15, 0.2) is 0 Å². The van der Waals surface area contributed by atoms with Gasteiger partial charge in [-0.3, -0.25) is 0 Å². The third kappa shape index (κ3) is 4.08. The topological polar surface area (TPSA) is 44.4 Å². The van der Waals surface area contributed by atoms with Gasteiger partial charge in [0, 0.05) is 25.7 Å². The van der Waals surface area contributed by atoms with E-state index in [4.69, 9.17) is 0 Å². The lowest BCUT2D eigenvalue weighted by Crippen LogP contribution is -2.47. The molecule has 0 aromatic rings. The Labute approximate surface area is 92.4 Å². The van der Waals surface area contributed by atoms with Gasteiger partial charge in [0.05, 0.1) is 0 Å². The van der Waals surface area contributed by atoms with Crippen LogP contribution in [0, 0.1) is 0 Å². The second-order valence-electron chi connectivity index (χ2n) is 4.01. The molecule has 1 rings (SSSR count). The molecule has 0 spiro atoms. The van der Waals surface area contributed by atoms with Crippen molar-refractivity contribution in [3.05, 3.63) is 0 Å². The highest BCUT2D eigenvalue weighted by Crippen LogP contribution is 2.05. The number of hydrogen-bond donors (Lipinski definition) is 2. The van der Waals surface area contributed by atoms with E-state index in [0.29, 0.717) is 6.04 Å². The minimum absolute atomic E-state index is 0.0624. The molecule has 88 valence electrons. The van der Waals surface area contributed by atoms with E-state index in [2.05, 4.69) is 10.6 Å². The van der Waals surface area contributed by atoms with Gasteiger partial charge < -0.3 is 15.5 Å². The minimum atomic E-state index is 0.0624. The normalized spacial score (nSPS) is 21.1. The summed E-state index contributed by atoms with van der Waals surface area (Å²) in [6.07, 6.45) is 3.72. The van der Waals surface area contributed by atoms with Crippen LogP contribution in [0.2, 0.25) is 0 Å². The van der Waals surface area contributed by atoms with Crippen molar-refractivity contribution < 1.29 is 4.79 Å². The van der Waals surface area contributed by atoms with E-state index in [9.17, 15) is 4.79 Å². The molecule has 0 aromatic carbocycles. The summed E-state index contributed by atoms with van der Waals surface area (Å²) in [7, 11) is 0. The summed E-state index contributed by atoms with van der Waals surface area (Å²) >= 11 is 0. The lowest BCUT2D eigenvalue weighted by molar-refractivity contribution is 0.201. The Morgan fingerprint density at radius 2 is 2.13 bits per heavy atom. The smallest absolute Gasteiger partial charge is 0.317 e. The molecule has 0 aromatic heterocycles. The summed E-state index contributed by atoms with van der Waals surface area (Å²) in [6.45, 7) is 7.41. The predicted molar refractivity (Wildman–Crippen MR) is 62.0 cm³/mol. The molecule has 4 nitrogen and oxygen atoms in total. The van der Waals surface area contributed by atoms with Crippen LogP contribution < -0.4 is 10.6 Å². The average molecular weight is 213 g/mol. The zero-order valence-corrected chi connectivity index (χ0v) is 9.88. The summed E-state index contributed by atoms with van der Waals surface area (Å²) in [5.41, 5.74) is 0. The number of nitrogens with zero attached hydrogens (tertiary/aromatic N) is 1. The largest absolute Gasteiger partial charge is 0.336 e. The molecule has 1 unspecified atom stereocenters. The van der Waals surface area contributed by atoms with Gasteiger partial charge in [-0.05, 0) is 33.2 Å². The summed E-state index contributed by atoms with van der Waals surface area (Å²) < 4.78 is 0. The SMILES string of the molecule is CCN(CC)C(=O)NCC1CCCCN1. The molecule has 2 amide bonds. The summed E-state index contributed by atoms with van der Waals surface area (Å²) in [5, 5.41) is 6.39. The molecule has 2 N–H and O–H groups in total. The fraction of sp³-hybridized carbons (Fsp3) is 0.909. The van der Waals surface area contributed by atoms with E-state index in [1.807, 2.05) is 18.7 Å². The van der Waals surface area contributed by atoms with Crippen LogP contribution in [0.25, 0.3) is 0 Å².